The van der Waals surface area contributed by atoms with Crippen molar-refractivity contribution in [3.63, 3.8) is 0 Å². The average molecular weight is 266 g/mol. The van der Waals surface area contributed by atoms with Gasteiger partial charge in [-0.1, -0.05) is 20.8 Å². The number of nitrogens with zero attached hydrogens (tertiary/aromatic N) is 1. The Hall–Kier alpha value is -0.610. The second kappa shape index (κ2) is 4.45. The predicted octanol–water partition coefficient (Wildman–Crippen LogP) is 1.75. The van der Waals surface area contributed by atoms with Crippen LogP contribution in [0.4, 0.5) is 0 Å². The Labute approximate surface area is 115 Å². The van der Waals surface area contributed by atoms with E-state index >= 15 is 0 Å². The molecular formula is C15H26N2O2. The van der Waals surface area contributed by atoms with Gasteiger partial charge in [-0.15, -0.1) is 0 Å². The van der Waals surface area contributed by atoms with Crippen molar-refractivity contribution in [3.8, 4) is 0 Å². The van der Waals surface area contributed by atoms with Gasteiger partial charge in [0.1, 0.15) is 0 Å². The van der Waals surface area contributed by atoms with Gasteiger partial charge in [0, 0.05) is 19.8 Å². The molecule has 19 heavy (non-hydrogen) atoms. The van der Waals surface area contributed by atoms with Crippen molar-refractivity contribution >= 4 is 5.91 Å². The van der Waals surface area contributed by atoms with Gasteiger partial charge in [0.25, 0.3) is 0 Å². The van der Waals surface area contributed by atoms with Gasteiger partial charge in [-0.25, -0.2) is 0 Å². The topological polar surface area (TPSA) is 41.6 Å². The molecule has 0 aromatic rings. The molecule has 2 heterocycles. The fraction of sp³-hybridized carbons (Fsp3) is 0.933. The summed E-state index contributed by atoms with van der Waals surface area (Å²) in [6.07, 6.45) is 4.38. The summed E-state index contributed by atoms with van der Waals surface area (Å²) in [6.45, 7) is 9.26. The molecule has 0 aromatic heterocycles. The number of hydrogen-bond acceptors (Lipinski definition) is 3. The molecular weight excluding hydrogens is 240 g/mol. The van der Waals surface area contributed by atoms with E-state index in [0.29, 0.717) is 11.8 Å². The number of rotatable bonds is 3. The van der Waals surface area contributed by atoms with Crippen LogP contribution in [0.15, 0.2) is 0 Å². The molecule has 1 spiro atoms. The highest BCUT2D eigenvalue weighted by atomic mass is 16.5. The van der Waals surface area contributed by atoms with E-state index in [9.17, 15) is 4.79 Å². The van der Waals surface area contributed by atoms with Gasteiger partial charge in [-0.2, -0.15) is 0 Å². The van der Waals surface area contributed by atoms with E-state index in [-0.39, 0.29) is 17.1 Å². The Balaban J connectivity index is 1.75. The molecule has 4 nitrogen and oxygen atoms in total. The first-order chi connectivity index (χ1) is 8.96. The van der Waals surface area contributed by atoms with Crippen molar-refractivity contribution in [2.45, 2.75) is 58.2 Å². The Morgan fingerprint density at radius 1 is 1.32 bits per heavy atom. The minimum Gasteiger partial charge on any atom is -0.381 e. The van der Waals surface area contributed by atoms with Crippen LogP contribution < -0.4 is 5.32 Å². The number of hydrogen-bond donors (Lipinski definition) is 1. The van der Waals surface area contributed by atoms with Gasteiger partial charge in [0.2, 0.25) is 5.91 Å². The SMILES string of the molecule is CC(C)C1NC2(CC2)C(=O)N1CC1(C)CCOCC1. The van der Waals surface area contributed by atoms with Crippen LogP contribution in [0.5, 0.6) is 0 Å². The lowest BCUT2D eigenvalue weighted by molar-refractivity contribution is -0.133. The number of carbonyl (C=O) groups excluding carboxylic acids is 1. The van der Waals surface area contributed by atoms with Gasteiger partial charge >= 0.3 is 0 Å². The summed E-state index contributed by atoms with van der Waals surface area (Å²) in [6, 6.07) is 0. The zero-order valence-electron chi connectivity index (χ0n) is 12.4. The second-order valence-electron chi connectivity index (χ2n) is 7.27. The molecule has 2 aliphatic heterocycles. The molecule has 3 fully saturated rings. The van der Waals surface area contributed by atoms with E-state index in [1.54, 1.807) is 0 Å². The summed E-state index contributed by atoms with van der Waals surface area (Å²) in [5, 5.41) is 3.59. The zero-order valence-corrected chi connectivity index (χ0v) is 12.4. The molecule has 1 amide bonds. The van der Waals surface area contributed by atoms with Gasteiger partial charge < -0.3 is 9.64 Å². The van der Waals surface area contributed by atoms with Crippen LogP contribution in [-0.2, 0) is 9.53 Å². The first-order valence-electron chi connectivity index (χ1n) is 7.62. The van der Waals surface area contributed by atoms with E-state index in [1.807, 2.05) is 0 Å². The average Bonchev–Trinajstić information content (AvgIpc) is 3.09. The van der Waals surface area contributed by atoms with Crippen molar-refractivity contribution < 1.29 is 9.53 Å². The smallest absolute Gasteiger partial charge is 0.244 e. The highest BCUT2D eigenvalue weighted by molar-refractivity contribution is 5.91. The molecule has 4 heteroatoms. The van der Waals surface area contributed by atoms with E-state index in [4.69, 9.17) is 4.74 Å². The van der Waals surface area contributed by atoms with Gasteiger partial charge in [-0.3, -0.25) is 10.1 Å². The van der Waals surface area contributed by atoms with Crippen LogP contribution in [0, 0.1) is 11.3 Å². The minimum absolute atomic E-state index is 0.184. The van der Waals surface area contributed by atoms with E-state index < -0.39 is 0 Å². The predicted molar refractivity (Wildman–Crippen MR) is 73.6 cm³/mol. The van der Waals surface area contributed by atoms with Crippen molar-refractivity contribution in [2.75, 3.05) is 19.8 Å². The molecule has 1 N–H and O–H groups in total. The standard InChI is InChI=1S/C15H26N2O2/c1-11(2)12-16-15(4-5-15)13(18)17(12)10-14(3)6-8-19-9-7-14/h11-12,16H,4-10H2,1-3H3. The first-order valence-corrected chi connectivity index (χ1v) is 7.62. The van der Waals surface area contributed by atoms with Crippen LogP contribution in [0.2, 0.25) is 0 Å². The Morgan fingerprint density at radius 3 is 2.47 bits per heavy atom. The van der Waals surface area contributed by atoms with Crippen molar-refractivity contribution in [3.05, 3.63) is 0 Å². The molecule has 1 unspecified atom stereocenters. The lowest BCUT2D eigenvalue weighted by Crippen LogP contribution is -2.47. The third kappa shape index (κ3) is 2.29. The quantitative estimate of drug-likeness (QED) is 0.846. The number of amides is 1. The van der Waals surface area contributed by atoms with Crippen molar-refractivity contribution in [2.24, 2.45) is 11.3 Å². The summed E-state index contributed by atoms with van der Waals surface area (Å²) < 4.78 is 5.46. The molecule has 2 saturated heterocycles. The third-order valence-electron chi connectivity index (χ3n) is 5.06. The lowest BCUT2D eigenvalue weighted by atomic mass is 9.81. The fourth-order valence-corrected chi connectivity index (χ4v) is 3.44. The Morgan fingerprint density at radius 2 is 1.95 bits per heavy atom. The second-order valence-corrected chi connectivity index (χ2v) is 7.27. The Bertz CT molecular complexity index is 370. The van der Waals surface area contributed by atoms with E-state index in [1.165, 1.54) is 0 Å². The molecule has 1 atom stereocenters. The van der Waals surface area contributed by atoms with E-state index in [2.05, 4.69) is 31.0 Å². The maximum Gasteiger partial charge on any atom is 0.244 e. The highest BCUT2D eigenvalue weighted by Crippen LogP contribution is 2.45. The summed E-state index contributed by atoms with van der Waals surface area (Å²) in [7, 11) is 0. The normalized spacial score (nSPS) is 32.3. The summed E-state index contributed by atoms with van der Waals surface area (Å²) in [5.41, 5.74) is 0.0413. The number of ether oxygens (including phenoxy) is 1. The van der Waals surface area contributed by atoms with Gasteiger partial charge in [0.05, 0.1) is 11.7 Å². The minimum atomic E-state index is -0.184. The molecule has 108 valence electrons. The molecule has 0 radical (unpaired) electrons. The Kier molecular flexibility index (Phi) is 3.13. The van der Waals surface area contributed by atoms with Gasteiger partial charge in [-0.05, 0) is 37.0 Å². The lowest BCUT2D eigenvalue weighted by Gasteiger charge is -2.39. The van der Waals surface area contributed by atoms with E-state index in [0.717, 1.165) is 45.4 Å². The fourth-order valence-electron chi connectivity index (χ4n) is 3.44. The van der Waals surface area contributed by atoms with Crippen LogP contribution in [0.1, 0.15) is 46.5 Å². The maximum absolute atomic E-state index is 12.7. The molecule has 1 aliphatic carbocycles. The molecule has 3 aliphatic rings. The summed E-state index contributed by atoms with van der Waals surface area (Å²) >= 11 is 0. The number of nitrogens with one attached hydrogen (secondary N) is 1. The highest BCUT2D eigenvalue weighted by Gasteiger charge is 2.60. The van der Waals surface area contributed by atoms with Crippen LogP contribution in [0.3, 0.4) is 0 Å². The maximum atomic E-state index is 12.7. The van der Waals surface area contributed by atoms with Gasteiger partial charge in [0.15, 0.2) is 0 Å². The van der Waals surface area contributed by atoms with Crippen LogP contribution in [0.25, 0.3) is 0 Å². The van der Waals surface area contributed by atoms with Crippen molar-refractivity contribution in [1.82, 2.24) is 10.2 Å². The van der Waals surface area contributed by atoms with Crippen LogP contribution in [-0.4, -0.2) is 42.3 Å². The largest absolute Gasteiger partial charge is 0.381 e. The third-order valence-corrected chi connectivity index (χ3v) is 5.06. The summed E-state index contributed by atoms with van der Waals surface area (Å²) in [4.78, 5) is 14.8. The molecule has 0 aromatic carbocycles. The van der Waals surface area contributed by atoms with Crippen molar-refractivity contribution in [1.29, 1.82) is 0 Å². The first kappa shape index (κ1) is 13.4. The molecule has 0 bridgehead atoms. The van der Waals surface area contributed by atoms with Crippen LogP contribution >= 0.6 is 0 Å². The monoisotopic (exact) mass is 266 g/mol. The molecule has 1 saturated carbocycles. The molecule has 3 rings (SSSR count). The summed E-state index contributed by atoms with van der Waals surface area (Å²) in [5.74, 6) is 0.811. The zero-order chi connectivity index (χ0) is 13.7. The number of carbonyl (C=O) groups is 1.